The molecule has 0 saturated heterocycles. The third-order valence-corrected chi connectivity index (χ3v) is 5.06. The summed E-state index contributed by atoms with van der Waals surface area (Å²) in [6.07, 6.45) is -0.738. The Morgan fingerprint density at radius 3 is 2.59 bits per heavy atom. The summed E-state index contributed by atoms with van der Waals surface area (Å²) in [4.78, 5) is 7.81. The molecule has 0 amide bonds. The Kier molecular flexibility index (Phi) is 5.98. The fraction of sp³-hybridized carbons (Fsp3) is 0.412. The minimum absolute atomic E-state index is 0.0176. The van der Waals surface area contributed by atoms with Gasteiger partial charge in [0.2, 0.25) is 5.95 Å². The van der Waals surface area contributed by atoms with Crippen molar-refractivity contribution in [3.63, 3.8) is 0 Å². The fourth-order valence-corrected chi connectivity index (χ4v) is 3.31. The minimum Gasteiger partial charge on any atom is -0.367 e. The Balaban J connectivity index is 1.86. The zero-order valence-electron chi connectivity index (χ0n) is 14.2. The molecule has 2 aromatic rings. The molecule has 1 aromatic carbocycles. The predicted octanol–water partition coefficient (Wildman–Crippen LogP) is 5.23. The van der Waals surface area contributed by atoms with Crippen molar-refractivity contribution >= 4 is 40.7 Å². The summed E-state index contributed by atoms with van der Waals surface area (Å²) in [6.45, 7) is 0. The molecule has 0 spiro atoms. The second-order valence-corrected chi connectivity index (χ2v) is 7.29. The Labute approximate surface area is 164 Å². The summed E-state index contributed by atoms with van der Waals surface area (Å²) in [7, 11) is 0. The lowest BCUT2D eigenvalue weighted by Gasteiger charge is -2.28. The van der Waals surface area contributed by atoms with E-state index < -0.39 is 11.7 Å². The van der Waals surface area contributed by atoms with Crippen molar-refractivity contribution in [3.05, 3.63) is 40.0 Å². The summed E-state index contributed by atoms with van der Waals surface area (Å²) < 4.78 is 40.0. The molecule has 1 aliphatic carbocycles. The molecule has 0 bridgehead atoms. The summed E-state index contributed by atoms with van der Waals surface area (Å²) in [5, 5.41) is 6.41. The molecule has 1 fully saturated rings. The molecule has 2 unspecified atom stereocenters. The highest BCUT2D eigenvalue weighted by molar-refractivity contribution is 6.42. The van der Waals surface area contributed by atoms with Crippen molar-refractivity contribution in [2.75, 3.05) is 10.6 Å². The molecule has 27 heavy (non-hydrogen) atoms. The van der Waals surface area contributed by atoms with E-state index in [1.54, 1.807) is 12.1 Å². The molecule has 10 heteroatoms. The largest absolute Gasteiger partial charge is 0.421 e. The highest BCUT2D eigenvalue weighted by atomic mass is 35.5. The van der Waals surface area contributed by atoms with Crippen molar-refractivity contribution in [1.82, 2.24) is 9.97 Å². The quantitative estimate of drug-likeness (QED) is 0.632. The van der Waals surface area contributed by atoms with Crippen molar-refractivity contribution in [2.45, 2.75) is 43.9 Å². The van der Waals surface area contributed by atoms with Gasteiger partial charge in [-0.15, -0.1) is 0 Å². The number of nitrogens with two attached hydrogens (primary N) is 1. The number of halogens is 5. The maximum Gasteiger partial charge on any atom is 0.421 e. The van der Waals surface area contributed by atoms with E-state index in [4.69, 9.17) is 28.9 Å². The van der Waals surface area contributed by atoms with E-state index in [0.29, 0.717) is 22.2 Å². The van der Waals surface area contributed by atoms with E-state index >= 15 is 0 Å². The number of nitrogens with zero attached hydrogens (tertiary/aromatic N) is 2. The highest BCUT2D eigenvalue weighted by Gasteiger charge is 2.36. The van der Waals surface area contributed by atoms with Gasteiger partial charge in [-0.1, -0.05) is 23.2 Å². The summed E-state index contributed by atoms with van der Waals surface area (Å²) in [5.74, 6) is -0.247. The minimum atomic E-state index is -4.57. The second kappa shape index (κ2) is 8.08. The van der Waals surface area contributed by atoms with Crippen LogP contribution < -0.4 is 16.4 Å². The number of rotatable bonds is 4. The molecular formula is C17H18Cl2F3N5. The number of benzene rings is 1. The van der Waals surface area contributed by atoms with Gasteiger partial charge in [0.25, 0.3) is 0 Å². The van der Waals surface area contributed by atoms with Crippen molar-refractivity contribution in [1.29, 1.82) is 0 Å². The molecular weight excluding hydrogens is 402 g/mol. The van der Waals surface area contributed by atoms with Gasteiger partial charge < -0.3 is 16.4 Å². The molecule has 146 valence electrons. The van der Waals surface area contributed by atoms with E-state index in [1.165, 1.54) is 6.07 Å². The average Bonchev–Trinajstić information content (AvgIpc) is 2.57. The van der Waals surface area contributed by atoms with Crippen LogP contribution in [0.2, 0.25) is 10.0 Å². The van der Waals surface area contributed by atoms with E-state index in [-0.39, 0.29) is 23.8 Å². The Morgan fingerprint density at radius 2 is 1.93 bits per heavy atom. The first kappa shape index (κ1) is 20.0. The van der Waals surface area contributed by atoms with Crippen LogP contribution in [-0.2, 0) is 6.18 Å². The van der Waals surface area contributed by atoms with Crippen LogP contribution in [0.3, 0.4) is 0 Å². The first-order chi connectivity index (χ1) is 12.7. The van der Waals surface area contributed by atoms with Crippen LogP contribution in [0.4, 0.5) is 30.6 Å². The zero-order valence-corrected chi connectivity index (χ0v) is 15.7. The monoisotopic (exact) mass is 419 g/mol. The third-order valence-electron chi connectivity index (χ3n) is 4.33. The molecule has 1 aliphatic rings. The Morgan fingerprint density at radius 1 is 1.15 bits per heavy atom. The predicted molar refractivity (Wildman–Crippen MR) is 101 cm³/mol. The highest BCUT2D eigenvalue weighted by Crippen LogP contribution is 2.35. The smallest absolute Gasteiger partial charge is 0.367 e. The second-order valence-electron chi connectivity index (χ2n) is 6.48. The molecule has 2 atom stereocenters. The van der Waals surface area contributed by atoms with Gasteiger partial charge in [0.15, 0.2) is 0 Å². The normalized spacial score (nSPS) is 20.4. The molecule has 4 N–H and O–H groups in total. The van der Waals surface area contributed by atoms with Crippen molar-refractivity contribution in [2.24, 2.45) is 5.73 Å². The van der Waals surface area contributed by atoms with Crippen LogP contribution in [-0.4, -0.2) is 22.1 Å². The van der Waals surface area contributed by atoms with E-state index in [2.05, 4.69) is 20.6 Å². The first-order valence-corrected chi connectivity index (χ1v) is 9.16. The van der Waals surface area contributed by atoms with Crippen molar-refractivity contribution in [3.8, 4) is 0 Å². The van der Waals surface area contributed by atoms with Gasteiger partial charge in [-0.3, -0.25) is 0 Å². The SMILES string of the molecule is NC1CCCC(Nc2nc(Nc3ccc(Cl)c(Cl)c3)ncc2C(F)(F)F)C1. The number of nitrogens with one attached hydrogen (secondary N) is 2. The number of hydrogen-bond donors (Lipinski definition) is 3. The zero-order chi connectivity index (χ0) is 19.6. The molecule has 5 nitrogen and oxygen atoms in total. The van der Waals surface area contributed by atoms with Crippen LogP contribution in [0.1, 0.15) is 31.2 Å². The number of alkyl halides is 3. The van der Waals surface area contributed by atoms with Crippen LogP contribution in [0.25, 0.3) is 0 Å². The maximum absolute atomic E-state index is 13.3. The molecule has 3 rings (SSSR count). The Hall–Kier alpha value is -1.77. The van der Waals surface area contributed by atoms with Gasteiger partial charge in [0.1, 0.15) is 11.4 Å². The number of aromatic nitrogens is 2. The van der Waals surface area contributed by atoms with Gasteiger partial charge in [-0.25, -0.2) is 4.98 Å². The molecule has 0 radical (unpaired) electrons. The standard InChI is InChI=1S/C17H18Cl2F3N5/c18-13-5-4-11(7-14(13)19)26-16-24-8-12(17(20,21)22)15(27-16)25-10-3-1-2-9(23)6-10/h4-5,7-10H,1-3,6,23H2,(H2,24,25,26,27). The fourth-order valence-electron chi connectivity index (χ4n) is 3.01. The molecule has 1 aromatic heterocycles. The van der Waals surface area contributed by atoms with E-state index in [0.717, 1.165) is 25.5 Å². The van der Waals surface area contributed by atoms with Crippen molar-refractivity contribution < 1.29 is 13.2 Å². The first-order valence-electron chi connectivity index (χ1n) is 8.41. The molecule has 1 saturated carbocycles. The lowest BCUT2D eigenvalue weighted by atomic mass is 9.91. The lowest BCUT2D eigenvalue weighted by molar-refractivity contribution is -0.137. The summed E-state index contributed by atoms with van der Waals surface area (Å²) >= 11 is 11.8. The van der Waals surface area contributed by atoms with Crippen LogP contribution in [0.5, 0.6) is 0 Å². The molecule has 0 aliphatic heterocycles. The van der Waals surface area contributed by atoms with Crippen LogP contribution in [0.15, 0.2) is 24.4 Å². The Bertz CT molecular complexity index is 816. The van der Waals surface area contributed by atoms with Gasteiger partial charge in [-0.2, -0.15) is 18.2 Å². The van der Waals surface area contributed by atoms with Crippen LogP contribution in [0, 0.1) is 0 Å². The maximum atomic E-state index is 13.3. The van der Waals surface area contributed by atoms with Gasteiger partial charge in [-0.05, 0) is 43.9 Å². The van der Waals surface area contributed by atoms with Gasteiger partial charge in [0, 0.05) is 24.0 Å². The number of anilines is 3. The number of hydrogen-bond acceptors (Lipinski definition) is 5. The summed E-state index contributed by atoms with van der Waals surface area (Å²) in [6, 6.07) is 4.54. The van der Waals surface area contributed by atoms with Crippen LogP contribution >= 0.6 is 23.2 Å². The average molecular weight is 420 g/mol. The summed E-state index contributed by atoms with van der Waals surface area (Å²) in [5.41, 5.74) is 5.52. The van der Waals surface area contributed by atoms with Gasteiger partial charge >= 0.3 is 6.18 Å². The lowest BCUT2D eigenvalue weighted by Crippen LogP contribution is -2.35. The van der Waals surface area contributed by atoms with E-state index in [1.807, 2.05) is 0 Å². The topological polar surface area (TPSA) is 75.9 Å². The van der Waals surface area contributed by atoms with E-state index in [9.17, 15) is 13.2 Å². The third kappa shape index (κ3) is 5.15. The van der Waals surface area contributed by atoms with Gasteiger partial charge in [0.05, 0.1) is 10.0 Å². The molecule has 1 heterocycles.